The summed E-state index contributed by atoms with van der Waals surface area (Å²) in [7, 11) is -1.59. The summed E-state index contributed by atoms with van der Waals surface area (Å²) < 4.78 is 23.4. The first-order chi connectivity index (χ1) is 6.52. The van der Waals surface area contributed by atoms with Gasteiger partial charge in [0.05, 0.1) is 11.9 Å². The summed E-state index contributed by atoms with van der Waals surface area (Å²) >= 11 is 0. The van der Waals surface area contributed by atoms with E-state index in [-0.39, 0.29) is 0 Å². The predicted molar refractivity (Wildman–Crippen MR) is 61.0 cm³/mol. The number of nitrogens with zero attached hydrogens (tertiary/aromatic N) is 1. The zero-order chi connectivity index (χ0) is 11.2. The van der Waals surface area contributed by atoms with Gasteiger partial charge >= 0.3 is 0 Å². The van der Waals surface area contributed by atoms with Crippen molar-refractivity contribution in [2.24, 2.45) is 0 Å². The average molecular weight is 215 g/mol. The largest absolute Gasteiger partial charge is 0.274 e. The first-order valence-corrected chi connectivity index (χ1v) is 6.35. The molecule has 1 aromatic rings. The Kier molecular flexibility index (Phi) is 5.23. The summed E-state index contributed by atoms with van der Waals surface area (Å²) in [6.07, 6.45) is 1.18. The van der Waals surface area contributed by atoms with E-state index >= 15 is 0 Å². The Balaban J connectivity index is 0.000000791. The van der Waals surface area contributed by atoms with Crippen LogP contribution in [-0.2, 0) is 10.0 Å². The number of rotatable bonds is 2. The van der Waals surface area contributed by atoms with Crippen molar-refractivity contribution in [3.05, 3.63) is 30.3 Å². The smallest absolute Gasteiger partial charge is 0.231 e. The van der Waals surface area contributed by atoms with Crippen LogP contribution in [-0.4, -0.2) is 21.7 Å². The summed E-state index contributed by atoms with van der Waals surface area (Å²) in [4.78, 5) is 0. The molecule has 0 aromatic heterocycles. The van der Waals surface area contributed by atoms with Crippen molar-refractivity contribution < 1.29 is 8.42 Å². The van der Waals surface area contributed by atoms with Crippen LogP contribution in [0.4, 0.5) is 5.69 Å². The molecule has 0 spiro atoms. The fourth-order valence-electron chi connectivity index (χ4n) is 0.829. The lowest BCUT2D eigenvalue weighted by Crippen LogP contribution is -2.24. The number of para-hydroxylation sites is 1. The third-order valence-electron chi connectivity index (χ3n) is 1.62. The SMILES string of the molecule is CC.CN(c1ccccc1)S(C)(=O)=O. The van der Waals surface area contributed by atoms with Crippen molar-refractivity contribution in [2.75, 3.05) is 17.6 Å². The van der Waals surface area contributed by atoms with Crippen LogP contribution < -0.4 is 4.31 Å². The van der Waals surface area contributed by atoms with Gasteiger partial charge in [-0.15, -0.1) is 0 Å². The van der Waals surface area contributed by atoms with Gasteiger partial charge in [0.25, 0.3) is 0 Å². The fraction of sp³-hybridized carbons (Fsp3) is 0.400. The quantitative estimate of drug-likeness (QED) is 0.757. The number of benzene rings is 1. The molecule has 0 aliphatic carbocycles. The van der Waals surface area contributed by atoms with Gasteiger partial charge in [-0.05, 0) is 12.1 Å². The van der Waals surface area contributed by atoms with Crippen LogP contribution in [0.25, 0.3) is 0 Å². The number of hydrogen-bond donors (Lipinski definition) is 0. The Morgan fingerprint density at radius 2 is 1.50 bits per heavy atom. The molecule has 0 unspecified atom stereocenters. The van der Waals surface area contributed by atoms with Gasteiger partial charge in [0.1, 0.15) is 0 Å². The van der Waals surface area contributed by atoms with E-state index in [9.17, 15) is 8.42 Å². The van der Waals surface area contributed by atoms with E-state index in [1.54, 1.807) is 24.3 Å². The molecule has 0 saturated carbocycles. The van der Waals surface area contributed by atoms with Crippen LogP contribution >= 0.6 is 0 Å². The highest BCUT2D eigenvalue weighted by Gasteiger charge is 2.09. The standard InChI is InChI=1S/C8H11NO2S.C2H6/c1-9(12(2,10)11)8-6-4-3-5-7-8;1-2/h3-7H,1-2H3;1-2H3. The summed E-state index contributed by atoms with van der Waals surface area (Å²) in [5, 5.41) is 0. The number of hydrogen-bond acceptors (Lipinski definition) is 2. The molecule has 80 valence electrons. The number of sulfonamides is 1. The molecule has 0 N–H and O–H groups in total. The third-order valence-corrected chi connectivity index (χ3v) is 2.82. The summed E-state index contributed by atoms with van der Waals surface area (Å²) in [5.74, 6) is 0. The zero-order valence-electron chi connectivity index (χ0n) is 9.06. The zero-order valence-corrected chi connectivity index (χ0v) is 9.88. The monoisotopic (exact) mass is 215 g/mol. The lowest BCUT2D eigenvalue weighted by Gasteiger charge is -2.15. The molecule has 1 rings (SSSR count). The van der Waals surface area contributed by atoms with Gasteiger partial charge in [-0.1, -0.05) is 32.0 Å². The van der Waals surface area contributed by atoms with E-state index in [2.05, 4.69) is 0 Å². The Hall–Kier alpha value is -1.03. The van der Waals surface area contributed by atoms with Gasteiger partial charge in [0.15, 0.2) is 0 Å². The highest BCUT2D eigenvalue weighted by Crippen LogP contribution is 2.13. The van der Waals surface area contributed by atoms with Gasteiger partial charge in [-0.2, -0.15) is 0 Å². The summed E-state index contributed by atoms with van der Waals surface area (Å²) in [6.45, 7) is 4.00. The minimum absolute atomic E-state index is 0.681. The molecule has 1 aromatic carbocycles. The molecule has 0 amide bonds. The Labute approximate surface area is 86.4 Å². The van der Waals surface area contributed by atoms with Crippen molar-refractivity contribution in [3.8, 4) is 0 Å². The van der Waals surface area contributed by atoms with Crippen LogP contribution in [0.5, 0.6) is 0 Å². The van der Waals surface area contributed by atoms with Crippen molar-refractivity contribution in [3.63, 3.8) is 0 Å². The molecule has 0 fully saturated rings. The molecule has 0 radical (unpaired) electrons. The van der Waals surface area contributed by atoms with E-state index < -0.39 is 10.0 Å². The molecule has 0 bridgehead atoms. The molecule has 0 heterocycles. The van der Waals surface area contributed by atoms with E-state index in [1.807, 2.05) is 19.9 Å². The molecule has 14 heavy (non-hydrogen) atoms. The minimum atomic E-state index is -3.12. The average Bonchev–Trinajstić information content (AvgIpc) is 2.20. The van der Waals surface area contributed by atoms with Crippen molar-refractivity contribution >= 4 is 15.7 Å². The molecule has 4 heteroatoms. The molecular weight excluding hydrogens is 198 g/mol. The molecule has 0 aliphatic heterocycles. The Morgan fingerprint density at radius 3 is 1.86 bits per heavy atom. The minimum Gasteiger partial charge on any atom is -0.274 e. The molecule has 0 saturated heterocycles. The van der Waals surface area contributed by atoms with Crippen LogP contribution in [0.15, 0.2) is 30.3 Å². The van der Waals surface area contributed by atoms with Crippen molar-refractivity contribution in [1.29, 1.82) is 0 Å². The maximum Gasteiger partial charge on any atom is 0.231 e. The van der Waals surface area contributed by atoms with Crippen LogP contribution in [0.2, 0.25) is 0 Å². The Morgan fingerprint density at radius 1 is 1.07 bits per heavy atom. The van der Waals surface area contributed by atoms with Gasteiger partial charge in [-0.25, -0.2) is 8.42 Å². The van der Waals surface area contributed by atoms with Gasteiger partial charge < -0.3 is 0 Å². The normalized spacial score (nSPS) is 10.0. The molecule has 0 atom stereocenters. The highest BCUT2D eigenvalue weighted by atomic mass is 32.2. The second-order valence-electron chi connectivity index (χ2n) is 2.57. The highest BCUT2D eigenvalue weighted by molar-refractivity contribution is 7.92. The van der Waals surface area contributed by atoms with E-state index in [4.69, 9.17) is 0 Å². The second kappa shape index (κ2) is 5.65. The van der Waals surface area contributed by atoms with E-state index in [1.165, 1.54) is 17.6 Å². The molecular formula is C10H17NO2S. The Bertz CT molecular complexity index is 346. The first-order valence-electron chi connectivity index (χ1n) is 4.51. The second-order valence-corrected chi connectivity index (χ2v) is 4.58. The van der Waals surface area contributed by atoms with E-state index in [0.29, 0.717) is 5.69 Å². The van der Waals surface area contributed by atoms with Gasteiger partial charge in [0, 0.05) is 7.05 Å². The summed E-state index contributed by atoms with van der Waals surface area (Å²) in [6, 6.07) is 8.95. The molecule has 0 aliphatic rings. The van der Waals surface area contributed by atoms with Crippen molar-refractivity contribution in [2.45, 2.75) is 13.8 Å². The maximum absolute atomic E-state index is 11.1. The topological polar surface area (TPSA) is 37.4 Å². The first kappa shape index (κ1) is 13.0. The predicted octanol–water partition coefficient (Wildman–Crippen LogP) is 2.11. The van der Waals surface area contributed by atoms with Crippen LogP contribution in [0.3, 0.4) is 0 Å². The fourth-order valence-corrected chi connectivity index (χ4v) is 1.33. The lowest BCUT2D eigenvalue weighted by atomic mass is 10.3. The van der Waals surface area contributed by atoms with E-state index in [0.717, 1.165) is 0 Å². The molecule has 3 nitrogen and oxygen atoms in total. The van der Waals surface area contributed by atoms with Crippen LogP contribution in [0.1, 0.15) is 13.8 Å². The summed E-state index contributed by atoms with van der Waals surface area (Å²) in [5.41, 5.74) is 0.681. The van der Waals surface area contributed by atoms with Gasteiger partial charge in [-0.3, -0.25) is 4.31 Å². The number of anilines is 1. The lowest BCUT2D eigenvalue weighted by molar-refractivity contribution is 0.600. The van der Waals surface area contributed by atoms with Crippen molar-refractivity contribution in [1.82, 2.24) is 0 Å². The third kappa shape index (κ3) is 3.79. The van der Waals surface area contributed by atoms with Crippen LogP contribution in [0, 0.1) is 0 Å². The van der Waals surface area contributed by atoms with Gasteiger partial charge in [0.2, 0.25) is 10.0 Å². The maximum atomic E-state index is 11.1.